The van der Waals surface area contributed by atoms with Crippen LogP contribution in [0.5, 0.6) is 0 Å². The third-order valence-corrected chi connectivity index (χ3v) is 3.74. The third kappa shape index (κ3) is 3.29. The monoisotopic (exact) mass is 314 g/mol. The summed E-state index contributed by atoms with van der Waals surface area (Å²) >= 11 is 3.28. The molecule has 3 nitrogen and oxygen atoms in total. The summed E-state index contributed by atoms with van der Waals surface area (Å²) in [4.78, 5) is 13.8. The standard InChI is InChI=1S/C13H16BrFN2O/c14-10-1-2-12(15)9(7-10)8-13(18)17-5-3-11(16)4-6-17/h1-2,7,11H,3-6,8,16H2. The average Bonchev–Trinajstić information content (AvgIpc) is 2.34. The van der Waals surface area contributed by atoms with Gasteiger partial charge in [-0.2, -0.15) is 0 Å². The van der Waals surface area contributed by atoms with Crippen molar-refractivity contribution >= 4 is 21.8 Å². The van der Waals surface area contributed by atoms with Crippen LogP contribution in [0.3, 0.4) is 0 Å². The van der Waals surface area contributed by atoms with Crippen molar-refractivity contribution in [2.45, 2.75) is 25.3 Å². The Bertz CT molecular complexity index is 445. The van der Waals surface area contributed by atoms with Gasteiger partial charge in [-0.25, -0.2) is 4.39 Å². The Morgan fingerprint density at radius 1 is 1.44 bits per heavy atom. The van der Waals surface area contributed by atoms with Gasteiger partial charge in [0.15, 0.2) is 0 Å². The van der Waals surface area contributed by atoms with Gasteiger partial charge in [0.25, 0.3) is 0 Å². The minimum atomic E-state index is -0.333. The normalized spacial score (nSPS) is 16.9. The fourth-order valence-electron chi connectivity index (χ4n) is 2.10. The van der Waals surface area contributed by atoms with Crippen LogP contribution in [0.2, 0.25) is 0 Å². The van der Waals surface area contributed by atoms with Crippen molar-refractivity contribution in [3.63, 3.8) is 0 Å². The lowest BCUT2D eigenvalue weighted by Gasteiger charge is -2.30. The highest BCUT2D eigenvalue weighted by Gasteiger charge is 2.21. The number of amides is 1. The van der Waals surface area contributed by atoms with Crippen molar-refractivity contribution in [1.82, 2.24) is 4.90 Å². The molecule has 1 amide bonds. The smallest absolute Gasteiger partial charge is 0.227 e. The molecule has 98 valence electrons. The van der Waals surface area contributed by atoms with Gasteiger partial charge in [-0.3, -0.25) is 4.79 Å². The molecule has 0 atom stereocenters. The van der Waals surface area contributed by atoms with Crippen LogP contribution in [0.25, 0.3) is 0 Å². The summed E-state index contributed by atoms with van der Waals surface area (Å²) in [6, 6.07) is 4.85. The fraction of sp³-hybridized carbons (Fsp3) is 0.462. The molecular formula is C13H16BrFN2O. The number of rotatable bonds is 2. The number of hydrogen-bond acceptors (Lipinski definition) is 2. The molecule has 2 rings (SSSR count). The maximum Gasteiger partial charge on any atom is 0.227 e. The van der Waals surface area contributed by atoms with E-state index in [1.54, 1.807) is 17.0 Å². The number of nitrogens with zero attached hydrogens (tertiary/aromatic N) is 1. The molecule has 0 aliphatic carbocycles. The summed E-state index contributed by atoms with van der Waals surface area (Å²) in [7, 11) is 0. The number of carbonyl (C=O) groups excluding carboxylic acids is 1. The van der Waals surface area contributed by atoms with Crippen molar-refractivity contribution in [2.75, 3.05) is 13.1 Å². The molecule has 1 aliphatic rings. The maximum absolute atomic E-state index is 13.5. The zero-order valence-corrected chi connectivity index (χ0v) is 11.6. The Balaban J connectivity index is 2.00. The van der Waals surface area contributed by atoms with Gasteiger partial charge in [-0.15, -0.1) is 0 Å². The van der Waals surface area contributed by atoms with Gasteiger partial charge < -0.3 is 10.6 Å². The van der Waals surface area contributed by atoms with E-state index in [9.17, 15) is 9.18 Å². The summed E-state index contributed by atoms with van der Waals surface area (Å²) < 4.78 is 14.3. The quantitative estimate of drug-likeness (QED) is 0.908. The molecule has 0 radical (unpaired) electrons. The molecular weight excluding hydrogens is 299 g/mol. The summed E-state index contributed by atoms with van der Waals surface area (Å²) in [5.41, 5.74) is 6.22. The molecule has 1 aromatic rings. The molecule has 1 fully saturated rings. The first-order valence-corrected chi connectivity index (χ1v) is 6.83. The Hall–Kier alpha value is -0.940. The van der Waals surface area contributed by atoms with E-state index >= 15 is 0 Å². The van der Waals surface area contributed by atoms with Gasteiger partial charge in [-0.1, -0.05) is 15.9 Å². The Morgan fingerprint density at radius 2 is 2.11 bits per heavy atom. The second-order valence-electron chi connectivity index (χ2n) is 4.63. The van der Waals surface area contributed by atoms with Crippen molar-refractivity contribution in [3.8, 4) is 0 Å². The molecule has 1 saturated heterocycles. The minimum absolute atomic E-state index is 0.0288. The van der Waals surface area contributed by atoms with Crippen molar-refractivity contribution in [1.29, 1.82) is 0 Å². The first kappa shape index (κ1) is 13.5. The van der Waals surface area contributed by atoms with Crippen LogP contribution in [0.4, 0.5) is 4.39 Å². The molecule has 0 spiro atoms. The molecule has 0 saturated carbocycles. The van der Waals surface area contributed by atoms with E-state index in [-0.39, 0.29) is 24.2 Å². The maximum atomic E-state index is 13.5. The van der Waals surface area contributed by atoms with Gasteiger partial charge in [0.2, 0.25) is 5.91 Å². The molecule has 1 heterocycles. The molecule has 1 aromatic carbocycles. The zero-order chi connectivity index (χ0) is 13.1. The Labute approximate surface area is 114 Å². The minimum Gasteiger partial charge on any atom is -0.342 e. The third-order valence-electron chi connectivity index (χ3n) is 3.24. The van der Waals surface area contributed by atoms with Crippen LogP contribution in [0.15, 0.2) is 22.7 Å². The van der Waals surface area contributed by atoms with E-state index in [1.807, 2.05) is 0 Å². The van der Waals surface area contributed by atoms with E-state index < -0.39 is 0 Å². The van der Waals surface area contributed by atoms with Crippen LogP contribution in [0, 0.1) is 5.82 Å². The van der Waals surface area contributed by atoms with Crippen LogP contribution in [-0.4, -0.2) is 29.9 Å². The number of hydrogen-bond donors (Lipinski definition) is 1. The number of carbonyl (C=O) groups is 1. The van der Waals surface area contributed by atoms with Crippen molar-refractivity contribution in [2.24, 2.45) is 5.73 Å². The first-order valence-electron chi connectivity index (χ1n) is 6.03. The Kier molecular flexibility index (Phi) is 4.35. The topological polar surface area (TPSA) is 46.3 Å². The van der Waals surface area contributed by atoms with Gasteiger partial charge in [0.05, 0.1) is 6.42 Å². The van der Waals surface area contributed by atoms with Crippen LogP contribution >= 0.6 is 15.9 Å². The fourth-order valence-corrected chi connectivity index (χ4v) is 2.51. The lowest BCUT2D eigenvalue weighted by Crippen LogP contribution is -2.43. The summed E-state index contributed by atoms with van der Waals surface area (Å²) in [6.07, 6.45) is 1.76. The predicted octanol–water partition coefficient (Wildman–Crippen LogP) is 2.08. The Morgan fingerprint density at radius 3 is 2.78 bits per heavy atom. The van der Waals surface area contributed by atoms with Crippen LogP contribution in [0.1, 0.15) is 18.4 Å². The van der Waals surface area contributed by atoms with E-state index in [4.69, 9.17) is 5.73 Å². The highest BCUT2D eigenvalue weighted by atomic mass is 79.9. The largest absolute Gasteiger partial charge is 0.342 e. The molecule has 1 aliphatic heterocycles. The summed E-state index contributed by atoms with van der Waals surface area (Å²) in [6.45, 7) is 1.35. The molecule has 18 heavy (non-hydrogen) atoms. The van der Waals surface area contributed by atoms with Gasteiger partial charge in [0.1, 0.15) is 5.82 Å². The number of likely N-dealkylation sites (tertiary alicyclic amines) is 1. The molecule has 5 heteroatoms. The van der Waals surface area contributed by atoms with Crippen molar-refractivity contribution < 1.29 is 9.18 Å². The first-order chi connectivity index (χ1) is 8.56. The van der Waals surface area contributed by atoms with Gasteiger partial charge in [-0.05, 0) is 36.6 Å². The summed E-state index contributed by atoms with van der Waals surface area (Å²) in [5, 5.41) is 0. The number of benzene rings is 1. The van der Waals surface area contributed by atoms with Crippen LogP contribution < -0.4 is 5.73 Å². The second kappa shape index (κ2) is 5.80. The molecule has 0 unspecified atom stereocenters. The average molecular weight is 315 g/mol. The molecule has 2 N–H and O–H groups in total. The number of nitrogens with two attached hydrogens (primary N) is 1. The van der Waals surface area contributed by atoms with Gasteiger partial charge >= 0.3 is 0 Å². The highest BCUT2D eigenvalue weighted by Crippen LogP contribution is 2.17. The zero-order valence-electron chi connectivity index (χ0n) is 10.0. The highest BCUT2D eigenvalue weighted by molar-refractivity contribution is 9.10. The van der Waals surface area contributed by atoms with E-state index in [0.717, 1.165) is 17.3 Å². The SMILES string of the molecule is NC1CCN(C(=O)Cc2cc(Br)ccc2F)CC1. The van der Waals surface area contributed by atoms with E-state index in [2.05, 4.69) is 15.9 Å². The lowest BCUT2D eigenvalue weighted by atomic mass is 10.0. The lowest BCUT2D eigenvalue weighted by molar-refractivity contribution is -0.131. The number of halogens is 2. The molecule has 0 bridgehead atoms. The van der Waals surface area contributed by atoms with E-state index in [0.29, 0.717) is 18.7 Å². The predicted molar refractivity (Wildman–Crippen MR) is 71.6 cm³/mol. The summed E-state index contributed by atoms with van der Waals surface area (Å²) in [5.74, 6) is -0.362. The molecule has 0 aromatic heterocycles. The van der Waals surface area contributed by atoms with Crippen LogP contribution in [-0.2, 0) is 11.2 Å². The number of piperidine rings is 1. The van der Waals surface area contributed by atoms with Gasteiger partial charge in [0, 0.05) is 23.6 Å². The van der Waals surface area contributed by atoms with Crippen molar-refractivity contribution in [3.05, 3.63) is 34.1 Å². The van der Waals surface area contributed by atoms with E-state index in [1.165, 1.54) is 6.07 Å². The second-order valence-corrected chi connectivity index (χ2v) is 5.55.